The van der Waals surface area contributed by atoms with Crippen LogP contribution in [-0.4, -0.2) is 74.9 Å². The van der Waals surface area contributed by atoms with Crippen LogP contribution >= 0.6 is 7.82 Å². The standard InChI is InChI=1S/C57H104NO8P/c1-6-8-10-12-14-16-18-20-22-24-26-27-28-29-30-31-32-34-36-38-40-42-44-46-48-50-57(60)66-55(54-65-67(61,62)64-52-51-58(3,4)5)53-63-56(59)49-47-45-43-41-39-37-35-33-25-23-21-19-17-15-13-11-9-7-2/h8,10,14,16,20,22,26-27,29-30,55H,6-7,9,11-13,15,17-19,21,23-25,28,31-54H2,1-5H3/p+1/b10-8-,16-14-,22-20-,27-26-,30-29-. The van der Waals surface area contributed by atoms with Crippen LogP contribution in [0, 0.1) is 0 Å². The number of carbonyl (C=O) groups is 2. The van der Waals surface area contributed by atoms with Gasteiger partial charge in [0.05, 0.1) is 27.7 Å². The van der Waals surface area contributed by atoms with E-state index in [0.717, 1.165) is 77.0 Å². The Kier molecular flexibility index (Phi) is 47.1. The lowest BCUT2D eigenvalue weighted by Crippen LogP contribution is -2.37. The van der Waals surface area contributed by atoms with Crippen molar-refractivity contribution in [1.29, 1.82) is 0 Å². The maximum Gasteiger partial charge on any atom is 0.472 e. The lowest BCUT2D eigenvalue weighted by atomic mass is 10.0. The topological polar surface area (TPSA) is 108 Å². The second-order valence-corrected chi connectivity index (χ2v) is 21.0. The van der Waals surface area contributed by atoms with Gasteiger partial charge in [0.25, 0.3) is 0 Å². The molecule has 0 rings (SSSR count). The van der Waals surface area contributed by atoms with Crippen LogP contribution < -0.4 is 0 Å². The van der Waals surface area contributed by atoms with Crippen LogP contribution in [0.2, 0.25) is 0 Å². The minimum absolute atomic E-state index is 0.0297. The summed E-state index contributed by atoms with van der Waals surface area (Å²) in [5.41, 5.74) is 0. The summed E-state index contributed by atoms with van der Waals surface area (Å²) >= 11 is 0. The number of esters is 2. The summed E-state index contributed by atoms with van der Waals surface area (Å²) in [4.78, 5) is 35.6. The Morgan fingerprint density at radius 2 is 0.851 bits per heavy atom. The van der Waals surface area contributed by atoms with Crippen molar-refractivity contribution in [2.24, 2.45) is 0 Å². The molecule has 10 heteroatoms. The predicted molar refractivity (Wildman–Crippen MR) is 284 cm³/mol. The molecule has 0 bridgehead atoms. The summed E-state index contributed by atoms with van der Waals surface area (Å²) in [7, 11) is 1.47. The maximum absolute atomic E-state index is 12.8. The normalized spacial score (nSPS) is 13.8. The van der Waals surface area contributed by atoms with Gasteiger partial charge in [-0.05, 0) is 57.8 Å². The zero-order chi connectivity index (χ0) is 49.2. The van der Waals surface area contributed by atoms with Gasteiger partial charge < -0.3 is 18.9 Å². The van der Waals surface area contributed by atoms with Crippen LogP contribution in [0.1, 0.15) is 239 Å². The first-order valence-corrected chi connectivity index (χ1v) is 29.0. The number of unbranched alkanes of at least 4 members (excludes halogenated alkanes) is 26. The molecule has 0 heterocycles. The Bertz CT molecular complexity index is 1320. The van der Waals surface area contributed by atoms with Gasteiger partial charge in [-0.2, -0.15) is 0 Å². The van der Waals surface area contributed by atoms with Crippen LogP contribution in [0.4, 0.5) is 0 Å². The van der Waals surface area contributed by atoms with Gasteiger partial charge in [0.1, 0.15) is 19.8 Å². The highest BCUT2D eigenvalue weighted by Crippen LogP contribution is 2.43. The number of hydrogen-bond donors (Lipinski definition) is 1. The predicted octanol–water partition coefficient (Wildman–Crippen LogP) is 16.8. The first-order chi connectivity index (χ1) is 32.5. The second-order valence-electron chi connectivity index (χ2n) is 19.6. The second kappa shape index (κ2) is 48.7. The average molecular weight is 963 g/mol. The van der Waals surface area contributed by atoms with Gasteiger partial charge in [-0.3, -0.25) is 18.6 Å². The number of phosphoric ester groups is 1. The van der Waals surface area contributed by atoms with Crippen molar-refractivity contribution in [3.63, 3.8) is 0 Å². The molecule has 0 aromatic heterocycles. The highest BCUT2D eigenvalue weighted by atomic mass is 31.2. The molecule has 0 fully saturated rings. The van der Waals surface area contributed by atoms with E-state index in [1.54, 1.807) is 0 Å². The van der Waals surface area contributed by atoms with Crippen LogP contribution in [0.3, 0.4) is 0 Å². The molecule has 1 N–H and O–H groups in total. The third-order valence-electron chi connectivity index (χ3n) is 11.8. The van der Waals surface area contributed by atoms with Gasteiger partial charge in [0, 0.05) is 12.8 Å². The van der Waals surface area contributed by atoms with E-state index in [9.17, 15) is 19.0 Å². The van der Waals surface area contributed by atoms with E-state index in [-0.39, 0.29) is 32.0 Å². The lowest BCUT2D eigenvalue weighted by Gasteiger charge is -2.24. The van der Waals surface area contributed by atoms with E-state index in [1.165, 1.54) is 128 Å². The third-order valence-corrected chi connectivity index (χ3v) is 12.8. The smallest absolute Gasteiger partial charge is 0.462 e. The Labute approximate surface area is 413 Å². The monoisotopic (exact) mass is 963 g/mol. The van der Waals surface area contributed by atoms with Crippen molar-refractivity contribution in [3.8, 4) is 0 Å². The Morgan fingerprint density at radius 3 is 1.27 bits per heavy atom. The van der Waals surface area contributed by atoms with Gasteiger partial charge >= 0.3 is 19.8 Å². The minimum Gasteiger partial charge on any atom is -0.462 e. The molecule has 9 nitrogen and oxygen atoms in total. The van der Waals surface area contributed by atoms with Crippen LogP contribution in [0.15, 0.2) is 60.8 Å². The number of likely N-dealkylation sites (N-methyl/N-ethyl adjacent to an activating group) is 1. The molecule has 0 saturated carbocycles. The summed E-state index contributed by atoms with van der Waals surface area (Å²) in [5.74, 6) is -0.798. The van der Waals surface area contributed by atoms with Crippen LogP contribution in [0.25, 0.3) is 0 Å². The molecule has 2 atom stereocenters. The minimum atomic E-state index is -4.39. The SMILES string of the molecule is CC/C=C\C/C=C\C/C=C\C/C=C\C/C=C\CCCCCCCCCCCC(=O)OC(COC(=O)CCCCCCCCCCCCCCCCCCCC)COP(=O)(O)OCC[N+](C)(C)C. The van der Waals surface area contributed by atoms with Crippen LogP contribution in [-0.2, 0) is 32.7 Å². The zero-order valence-electron chi connectivity index (χ0n) is 44.1. The number of rotatable bonds is 50. The zero-order valence-corrected chi connectivity index (χ0v) is 45.0. The molecule has 0 aliphatic rings. The van der Waals surface area contributed by atoms with Crippen molar-refractivity contribution in [2.45, 2.75) is 245 Å². The van der Waals surface area contributed by atoms with Gasteiger partial charge in [-0.25, -0.2) is 4.57 Å². The summed E-state index contributed by atoms with van der Waals surface area (Å²) in [5, 5.41) is 0. The van der Waals surface area contributed by atoms with Gasteiger partial charge in [0.2, 0.25) is 0 Å². The van der Waals surface area contributed by atoms with Gasteiger partial charge in [0.15, 0.2) is 6.10 Å². The molecule has 0 aromatic carbocycles. The van der Waals surface area contributed by atoms with Crippen molar-refractivity contribution in [1.82, 2.24) is 0 Å². The van der Waals surface area contributed by atoms with E-state index >= 15 is 0 Å². The van der Waals surface area contributed by atoms with Gasteiger partial charge in [-0.1, -0.05) is 229 Å². The number of phosphoric acid groups is 1. The van der Waals surface area contributed by atoms with Crippen molar-refractivity contribution >= 4 is 19.8 Å². The molecule has 0 aliphatic heterocycles. The lowest BCUT2D eigenvalue weighted by molar-refractivity contribution is -0.870. The average Bonchev–Trinajstić information content (AvgIpc) is 3.29. The highest BCUT2D eigenvalue weighted by molar-refractivity contribution is 7.47. The number of carbonyl (C=O) groups excluding carboxylic acids is 2. The fraction of sp³-hybridized carbons (Fsp3) is 0.789. The highest BCUT2D eigenvalue weighted by Gasteiger charge is 2.27. The molecule has 2 unspecified atom stereocenters. The fourth-order valence-corrected chi connectivity index (χ4v) is 8.31. The van der Waals surface area contributed by atoms with Gasteiger partial charge in [-0.15, -0.1) is 0 Å². The van der Waals surface area contributed by atoms with Crippen molar-refractivity contribution < 1.29 is 42.1 Å². The van der Waals surface area contributed by atoms with E-state index in [1.807, 2.05) is 21.1 Å². The molecule has 0 aliphatic carbocycles. The molecule has 0 saturated heterocycles. The molecular weight excluding hydrogens is 858 g/mol. The largest absolute Gasteiger partial charge is 0.472 e. The van der Waals surface area contributed by atoms with E-state index in [4.69, 9.17) is 18.5 Å². The summed E-state index contributed by atoms with van der Waals surface area (Å²) < 4.78 is 34.5. The van der Waals surface area contributed by atoms with Crippen molar-refractivity contribution in [2.75, 3.05) is 47.5 Å². The Morgan fingerprint density at radius 1 is 0.478 bits per heavy atom. The molecule has 0 radical (unpaired) electrons. The fourth-order valence-electron chi connectivity index (χ4n) is 7.57. The van der Waals surface area contributed by atoms with Crippen molar-refractivity contribution in [3.05, 3.63) is 60.8 Å². The number of nitrogens with zero attached hydrogens (tertiary/aromatic N) is 1. The number of hydrogen-bond acceptors (Lipinski definition) is 7. The number of allylic oxidation sites excluding steroid dienone is 10. The summed E-state index contributed by atoms with van der Waals surface area (Å²) in [6.07, 6.45) is 61.3. The quantitative estimate of drug-likeness (QED) is 0.0211. The maximum atomic E-state index is 12.8. The van der Waals surface area contributed by atoms with E-state index in [0.29, 0.717) is 17.4 Å². The third kappa shape index (κ3) is 52.9. The Hall–Kier alpha value is -2.29. The molecule has 0 aromatic rings. The summed E-state index contributed by atoms with van der Waals surface area (Å²) in [6.45, 7) is 4.34. The molecule has 390 valence electrons. The van der Waals surface area contributed by atoms with Crippen LogP contribution in [0.5, 0.6) is 0 Å². The Balaban J connectivity index is 4.21. The van der Waals surface area contributed by atoms with E-state index < -0.39 is 26.5 Å². The first kappa shape index (κ1) is 64.7. The molecule has 0 amide bonds. The molecule has 0 spiro atoms. The summed E-state index contributed by atoms with van der Waals surface area (Å²) in [6, 6.07) is 0. The number of quaternary nitrogens is 1. The number of ether oxygens (including phenoxy) is 2. The first-order valence-electron chi connectivity index (χ1n) is 27.5. The molecular formula is C57H105NO8P+. The van der Waals surface area contributed by atoms with E-state index in [2.05, 4.69) is 74.6 Å². The molecule has 67 heavy (non-hydrogen) atoms.